The zero-order valence-electron chi connectivity index (χ0n) is 16.8. The van der Waals surface area contributed by atoms with Crippen molar-refractivity contribution in [2.75, 3.05) is 6.61 Å². The van der Waals surface area contributed by atoms with Crippen molar-refractivity contribution in [3.8, 4) is 11.6 Å². The Kier molecular flexibility index (Phi) is 3.75. The molecule has 0 radical (unpaired) electrons. The first-order valence-electron chi connectivity index (χ1n) is 10.5. The number of carbonyl (C=O) groups is 1. The Morgan fingerprint density at radius 2 is 1.97 bits per heavy atom. The summed E-state index contributed by atoms with van der Waals surface area (Å²) in [6.45, 7) is 2.83. The van der Waals surface area contributed by atoms with E-state index in [0.29, 0.717) is 23.9 Å². The maximum absolute atomic E-state index is 12.8. The molecular formula is C23H23N3O4. The Hall–Kier alpha value is -2.93. The molecule has 2 aliphatic carbocycles. The number of fused-ring (bicyclic) bond motifs is 2. The van der Waals surface area contributed by atoms with Crippen LogP contribution in [0.5, 0.6) is 11.6 Å². The topological polar surface area (TPSA) is 75.0 Å². The average molecular weight is 405 g/mol. The number of hydrogen-bond acceptors (Lipinski definition) is 6. The summed E-state index contributed by atoms with van der Waals surface area (Å²) >= 11 is 0. The lowest BCUT2D eigenvalue weighted by molar-refractivity contribution is 0.0154. The fourth-order valence-corrected chi connectivity index (χ4v) is 4.85. The number of aromatic nitrogens is 3. The number of benzene rings is 1. The second kappa shape index (κ2) is 6.28. The lowest BCUT2D eigenvalue weighted by Crippen LogP contribution is -2.45. The van der Waals surface area contributed by atoms with Crippen LogP contribution in [0.1, 0.15) is 55.2 Å². The molecule has 2 aliphatic heterocycles. The van der Waals surface area contributed by atoms with Crippen molar-refractivity contribution in [2.45, 2.75) is 56.1 Å². The van der Waals surface area contributed by atoms with Crippen LogP contribution in [0.4, 0.5) is 0 Å². The molecule has 4 heterocycles. The summed E-state index contributed by atoms with van der Waals surface area (Å²) in [5.74, 6) is 0.356. The summed E-state index contributed by atoms with van der Waals surface area (Å²) in [4.78, 5) is 22.1. The molecule has 3 aromatic rings. The molecule has 154 valence electrons. The van der Waals surface area contributed by atoms with Gasteiger partial charge in [0.15, 0.2) is 5.69 Å². The highest BCUT2D eigenvalue weighted by Gasteiger charge is 2.61. The van der Waals surface area contributed by atoms with Gasteiger partial charge in [-0.1, -0.05) is 18.2 Å². The fourth-order valence-electron chi connectivity index (χ4n) is 4.85. The van der Waals surface area contributed by atoms with E-state index in [1.807, 2.05) is 28.8 Å². The fraction of sp³-hybridized carbons (Fsp3) is 0.435. The third-order valence-electron chi connectivity index (χ3n) is 6.57. The van der Waals surface area contributed by atoms with Crippen LogP contribution < -0.4 is 9.47 Å². The van der Waals surface area contributed by atoms with Gasteiger partial charge in [0.1, 0.15) is 11.9 Å². The zero-order valence-corrected chi connectivity index (χ0v) is 16.8. The normalized spacial score (nSPS) is 27.5. The van der Waals surface area contributed by atoms with Gasteiger partial charge in [0, 0.05) is 17.8 Å². The van der Waals surface area contributed by atoms with Crippen molar-refractivity contribution in [1.82, 2.24) is 14.4 Å². The van der Waals surface area contributed by atoms with E-state index in [0.717, 1.165) is 37.8 Å². The van der Waals surface area contributed by atoms with Gasteiger partial charge in [-0.2, -0.15) is 0 Å². The lowest BCUT2D eigenvalue weighted by Gasteiger charge is -2.41. The molecular weight excluding hydrogens is 382 g/mol. The standard InChI is InChI=1S/C23H23N3O4/c1-22-12-23(13-22,14-28-22)18-11-26-10-17(21(27)30-16-6-3-2-4-7-16)24-20(19(26)25-18)29-15-8-5-9-15/h2-4,6-7,10-11,15H,5,8-9,12-14H2,1H3. The predicted molar refractivity (Wildman–Crippen MR) is 108 cm³/mol. The molecule has 7 heteroatoms. The lowest BCUT2D eigenvalue weighted by atomic mass is 9.62. The van der Waals surface area contributed by atoms with Gasteiger partial charge in [-0.3, -0.25) is 4.40 Å². The predicted octanol–water partition coefficient (Wildman–Crippen LogP) is 3.70. The average Bonchev–Trinajstić information content (AvgIpc) is 3.36. The van der Waals surface area contributed by atoms with Gasteiger partial charge in [0.05, 0.1) is 17.9 Å². The molecule has 2 bridgehead atoms. The number of ether oxygens (including phenoxy) is 3. The van der Waals surface area contributed by atoms with Crippen LogP contribution in [0.15, 0.2) is 42.7 Å². The second-order valence-electron chi connectivity index (χ2n) is 9.03. The maximum Gasteiger partial charge on any atom is 0.364 e. The quantitative estimate of drug-likeness (QED) is 0.476. The second-order valence-corrected chi connectivity index (χ2v) is 9.03. The van der Waals surface area contributed by atoms with Crippen molar-refractivity contribution >= 4 is 11.6 Å². The number of para-hydroxylation sites is 1. The summed E-state index contributed by atoms with van der Waals surface area (Å²) in [6.07, 6.45) is 8.87. The van der Waals surface area contributed by atoms with Crippen LogP contribution in [-0.4, -0.2) is 38.6 Å². The third-order valence-corrected chi connectivity index (χ3v) is 6.57. The minimum Gasteiger partial charge on any atom is -0.472 e. The Morgan fingerprint density at radius 1 is 1.17 bits per heavy atom. The molecule has 0 unspecified atom stereocenters. The van der Waals surface area contributed by atoms with Crippen LogP contribution in [0.2, 0.25) is 0 Å². The first-order chi connectivity index (χ1) is 14.5. The van der Waals surface area contributed by atoms with Gasteiger partial charge in [-0.25, -0.2) is 14.8 Å². The number of imidazole rings is 1. The van der Waals surface area contributed by atoms with E-state index in [4.69, 9.17) is 19.2 Å². The maximum atomic E-state index is 12.8. The summed E-state index contributed by atoms with van der Waals surface area (Å²) in [5, 5.41) is 0. The molecule has 0 N–H and O–H groups in total. The Bertz CT molecular complexity index is 1130. The highest BCUT2D eigenvalue weighted by atomic mass is 16.5. The highest BCUT2D eigenvalue weighted by Crippen LogP contribution is 2.58. The first kappa shape index (κ1) is 17.9. The molecule has 0 atom stereocenters. The van der Waals surface area contributed by atoms with Gasteiger partial charge in [-0.05, 0) is 51.2 Å². The van der Waals surface area contributed by atoms with E-state index in [1.54, 1.807) is 18.3 Å². The van der Waals surface area contributed by atoms with Crippen LogP contribution in [-0.2, 0) is 10.2 Å². The molecule has 7 rings (SSSR count). The molecule has 2 saturated heterocycles. The minimum atomic E-state index is -0.518. The van der Waals surface area contributed by atoms with Gasteiger partial charge in [0.2, 0.25) is 5.65 Å². The van der Waals surface area contributed by atoms with E-state index < -0.39 is 5.97 Å². The molecule has 30 heavy (non-hydrogen) atoms. The van der Waals surface area contributed by atoms with Gasteiger partial charge >= 0.3 is 5.97 Å². The van der Waals surface area contributed by atoms with Gasteiger partial charge < -0.3 is 14.2 Å². The molecule has 0 spiro atoms. The van der Waals surface area contributed by atoms with E-state index in [-0.39, 0.29) is 22.8 Å². The van der Waals surface area contributed by atoms with Crippen LogP contribution in [0.25, 0.3) is 5.65 Å². The number of carbonyl (C=O) groups excluding carboxylic acids is 1. The van der Waals surface area contributed by atoms with Crippen molar-refractivity contribution in [2.24, 2.45) is 0 Å². The molecule has 7 nitrogen and oxygen atoms in total. The summed E-state index contributed by atoms with van der Waals surface area (Å²) < 4.78 is 19.4. The molecule has 4 aliphatic rings. The van der Waals surface area contributed by atoms with E-state index in [1.165, 1.54) is 0 Å². The largest absolute Gasteiger partial charge is 0.472 e. The van der Waals surface area contributed by atoms with Crippen LogP contribution >= 0.6 is 0 Å². The monoisotopic (exact) mass is 405 g/mol. The smallest absolute Gasteiger partial charge is 0.364 e. The van der Waals surface area contributed by atoms with Crippen molar-refractivity contribution in [1.29, 1.82) is 0 Å². The SMILES string of the molecule is CC12CC(c3cn4cc(C(=O)Oc5ccccc5)nc(OC5CCC5)c4n3)(CO1)C2. The van der Waals surface area contributed by atoms with E-state index >= 15 is 0 Å². The molecule has 1 aromatic carbocycles. The van der Waals surface area contributed by atoms with Gasteiger partial charge in [-0.15, -0.1) is 0 Å². The molecule has 2 aromatic heterocycles. The van der Waals surface area contributed by atoms with Crippen molar-refractivity contribution in [3.63, 3.8) is 0 Å². The third kappa shape index (κ3) is 2.80. The van der Waals surface area contributed by atoms with E-state index in [9.17, 15) is 4.79 Å². The number of rotatable bonds is 5. The molecule has 2 saturated carbocycles. The Morgan fingerprint density at radius 3 is 2.63 bits per heavy atom. The zero-order chi connectivity index (χ0) is 20.3. The van der Waals surface area contributed by atoms with Crippen molar-refractivity contribution in [3.05, 3.63) is 54.1 Å². The number of esters is 1. The Balaban J connectivity index is 1.38. The van der Waals surface area contributed by atoms with Crippen LogP contribution in [0.3, 0.4) is 0 Å². The van der Waals surface area contributed by atoms with Crippen molar-refractivity contribution < 1.29 is 19.0 Å². The highest BCUT2D eigenvalue weighted by molar-refractivity contribution is 5.89. The van der Waals surface area contributed by atoms with Crippen LogP contribution in [0, 0.1) is 0 Å². The van der Waals surface area contributed by atoms with Gasteiger partial charge in [0.25, 0.3) is 5.88 Å². The molecule has 0 amide bonds. The first-order valence-corrected chi connectivity index (χ1v) is 10.5. The minimum absolute atomic E-state index is 0.0238. The number of hydrogen-bond donors (Lipinski definition) is 0. The Labute approximate surface area is 174 Å². The molecule has 4 fully saturated rings. The summed E-state index contributed by atoms with van der Waals surface area (Å²) in [7, 11) is 0. The summed E-state index contributed by atoms with van der Waals surface area (Å²) in [6, 6.07) is 9.00. The number of nitrogens with zero attached hydrogens (tertiary/aromatic N) is 3. The summed E-state index contributed by atoms with van der Waals surface area (Å²) in [5.41, 5.74) is 1.75. The van der Waals surface area contributed by atoms with E-state index in [2.05, 4.69) is 11.9 Å².